The highest BCUT2D eigenvalue weighted by atomic mass is 16.6. The Morgan fingerprint density at radius 3 is 2.26 bits per heavy atom. The number of benzene rings is 1. The number of carboxylic acid groups (broad SMARTS) is 1. The number of aromatic nitrogens is 1. The number of rotatable bonds is 3. The standard InChI is InChI=1S/C13H12N2O4/c1-8-7-12(15(18)19)9(2)14(8)11-5-3-10(4-6-11)13(16)17/h3-7H,1-2H3,(H,16,17). The predicted molar refractivity (Wildman–Crippen MR) is 68.9 cm³/mol. The van der Waals surface area contributed by atoms with Crippen LogP contribution in [0.1, 0.15) is 21.7 Å². The Balaban J connectivity index is 2.53. The third-order valence-corrected chi connectivity index (χ3v) is 2.97. The third-order valence-electron chi connectivity index (χ3n) is 2.97. The number of aryl methyl sites for hydroxylation is 1. The van der Waals surface area contributed by atoms with Crippen molar-refractivity contribution < 1.29 is 14.8 Å². The lowest BCUT2D eigenvalue weighted by atomic mass is 10.2. The molecule has 0 saturated heterocycles. The van der Waals surface area contributed by atoms with Gasteiger partial charge in [0.2, 0.25) is 0 Å². The predicted octanol–water partition coefficient (Wildman–Crippen LogP) is 2.70. The first-order valence-electron chi connectivity index (χ1n) is 5.59. The molecule has 0 atom stereocenters. The molecule has 0 radical (unpaired) electrons. The highest BCUT2D eigenvalue weighted by Gasteiger charge is 2.18. The van der Waals surface area contributed by atoms with Gasteiger partial charge in [0.1, 0.15) is 0 Å². The highest BCUT2D eigenvalue weighted by Crippen LogP contribution is 2.26. The van der Waals surface area contributed by atoms with Gasteiger partial charge >= 0.3 is 5.97 Å². The molecule has 0 spiro atoms. The molecule has 0 aliphatic heterocycles. The molecular formula is C13H12N2O4. The maximum Gasteiger partial charge on any atom is 0.335 e. The lowest BCUT2D eigenvalue weighted by molar-refractivity contribution is -0.385. The number of hydrogen-bond acceptors (Lipinski definition) is 3. The fourth-order valence-electron chi connectivity index (χ4n) is 2.08. The molecule has 0 bridgehead atoms. The van der Waals surface area contributed by atoms with Crippen LogP contribution in [0.4, 0.5) is 5.69 Å². The Labute approximate surface area is 109 Å². The van der Waals surface area contributed by atoms with Gasteiger partial charge in [-0.1, -0.05) is 0 Å². The van der Waals surface area contributed by atoms with Gasteiger partial charge in [-0.25, -0.2) is 4.79 Å². The van der Waals surface area contributed by atoms with Crippen molar-refractivity contribution in [1.29, 1.82) is 0 Å². The summed E-state index contributed by atoms with van der Waals surface area (Å²) in [5, 5.41) is 19.7. The van der Waals surface area contributed by atoms with Gasteiger partial charge in [0.25, 0.3) is 5.69 Å². The zero-order valence-electron chi connectivity index (χ0n) is 10.5. The van der Waals surface area contributed by atoms with E-state index < -0.39 is 10.9 Å². The number of hydrogen-bond donors (Lipinski definition) is 1. The van der Waals surface area contributed by atoms with Gasteiger partial charge in [0.15, 0.2) is 0 Å². The number of nitro groups is 1. The van der Waals surface area contributed by atoms with E-state index in [1.807, 2.05) is 0 Å². The number of carbonyl (C=O) groups is 1. The summed E-state index contributed by atoms with van der Waals surface area (Å²) in [5.41, 5.74) is 2.19. The van der Waals surface area contributed by atoms with E-state index in [0.717, 1.165) is 5.69 Å². The normalized spacial score (nSPS) is 10.4. The fourth-order valence-corrected chi connectivity index (χ4v) is 2.08. The van der Waals surface area contributed by atoms with Gasteiger partial charge in [0.05, 0.1) is 16.2 Å². The van der Waals surface area contributed by atoms with Crippen LogP contribution in [0.25, 0.3) is 5.69 Å². The first kappa shape index (κ1) is 12.8. The van der Waals surface area contributed by atoms with Crippen LogP contribution in [-0.2, 0) is 0 Å². The summed E-state index contributed by atoms with van der Waals surface area (Å²) in [6.07, 6.45) is 0. The molecule has 2 aromatic rings. The maximum absolute atomic E-state index is 10.9. The molecule has 98 valence electrons. The van der Waals surface area contributed by atoms with Crippen molar-refractivity contribution in [2.45, 2.75) is 13.8 Å². The summed E-state index contributed by atoms with van der Waals surface area (Å²) in [7, 11) is 0. The van der Waals surface area contributed by atoms with Crippen LogP contribution >= 0.6 is 0 Å². The molecule has 2 rings (SSSR count). The van der Waals surface area contributed by atoms with Crippen molar-refractivity contribution >= 4 is 11.7 Å². The Hall–Kier alpha value is -2.63. The lowest BCUT2D eigenvalue weighted by Crippen LogP contribution is -2.01. The molecule has 0 aliphatic rings. The van der Waals surface area contributed by atoms with Crippen LogP contribution in [-0.4, -0.2) is 20.6 Å². The molecule has 6 heteroatoms. The first-order chi connectivity index (χ1) is 8.91. The maximum atomic E-state index is 10.9. The zero-order chi connectivity index (χ0) is 14.2. The lowest BCUT2D eigenvalue weighted by Gasteiger charge is -2.08. The minimum atomic E-state index is -1.00. The molecule has 6 nitrogen and oxygen atoms in total. The van der Waals surface area contributed by atoms with Crippen molar-refractivity contribution in [2.24, 2.45) is 0 Å². The fraction of sp³-hybridized carbons (Fsp3) is 0.154. The van der Waals surface area contributed by atoms with Crippen molar-refractivity contribution in [2.75, 3.05) is 0 Å². The van der Waals surface area contributed by atoms with Gasteiger partial charge in [-0.05, 0) is 38.1 Å². The molecule has 1 N–H and O–H groups in total. The van der Waals surface area contributed by atoms with E-state index in [2.05, 4.69) is 0 Å². The summed E-state index contributed by atoms with van der Waals surface area (Å²) in [5.74, 6) is -1.00. The second kappa shape index (κ2) is 4.56. The van der Waals surface area contributed by atoms with Gasteiger partial charge in [0, 0.05) is 17.4 Å². The first-order valence-corrected chi connectivity index (χ1v) is 5.59. The second-order valence-corrected chi connectivity index (χ2v) is 4.20. The van der Waals surface area contributed by atoms with Gasteiger partial charge < -0.3 is 9.67 Å². The molecule has 0 saturated carbocycles. The molecular weight excluding hydrogens is 248 g/mol. The van der Waals surface area contributed by atoms with Crippen LogP contribution in [0, 0.1) is 24.0 Å². The number of carboxylic acids is 1. The number of nitrogens with zero attached hydrogens (tertiary/aromatic N) is 2. The molecule has 1 heterocycles. The minimum absolute atomic E-state index is 0.0554. The van der Waals surface area contributed by atoms with E-state index in [1.54, 1.807) is 30.5 Å². The van der Waals surface area contributed by atoms with Gasteiger partial charge in [-0.2, -0.15) is 0 Å². The Kier molecular flexibility index (Phi) is 3.08. The molecule has 1 aromatic carbocycles. The largest absolute Gasteiger partial charge is 0.478 e. The average molecular weight is 260 g/mol. The summed E-state index contributed by atoms with van der Waals surface area (Å²) in [6.45, 7) is 3.43. The Bertz CT molecular complexity index is 656. The van der Waals surface area contributed by atoms with Crippen molar-refractivity contribution in [1.82, 2.24) is 4.57 Å². The monoisotopic (exact) mass is 260 g/mol. The van der Waals surface area contributed by atoms with E-state index in [9.17, 15) is 14.9 Å². The summed E-state index contributed by atoms with van der Waals surface area (Å²) < 4.78 is 1.73. The van der Waals surface area contributed by atoms with Gasteiger partial charge in [-0.15, -0.1) is 0 Å². The Morgan fingerprint density at radius 1 is 1.26 bits per heavy atom. The summed E-state index contributed by atoms with van der Waals surface area (Å²) in [6, 6.07) is 7.71. The van der Waals surface area contributed by atoms with Gasteiger partial charge in [-0.3, -0.25) is 10.1 Å². The number of aromatic carboxylic acids is 1. The van der Waals surface area contributed by atoms with E-state index in [-0.39, 0.29) is 11.3 Å². The van der Waals surface area contributed by atoms with E-state index in [4.69, 9.17) is 5.11 Å². The highest BCUT2D eigenvalue weighted by molar-refractivity contribution is 5.87. The molecule has 19 heavy (non-hydrogen) atoms. The van der Waals surface area contributed by atoms with Crippen LogP contribution in [0.3, 0.4) is 0 Å². The minimum Gasteiger partial charge on any atom is -0.478 e. The quantitative estimate of drug-likeness (QED) is 0.679. The summed E-state index contributed by atoms with van der Waals surface area (Å²) >= 11 is 0. The molecule has 0 amide bonds. The molecule has 1 aromatic heterocycles. The van der Waals surface area contributed by atoms with E-state index >= 15 is 0 Å². The second-order valence-electron chi connectivity index (χ2n) is 4.20. The van der Waals surface area contributed by atoms with Crippen molar-refractivity contribution in [3.8, 4) is 5.69 Å². The zero-order valence-corrected chi connectivity index (χ0v) is 10.5. The van der Waals surface area contributed by atoms with Crippen LogP contribution in [0.5, 0.6) is 0 Å². The smallest absolute Gasteiger partial charge is 0.335 e. The SMILES string of the molecule is Cc1cc([N+](=O)[O-])c(C)n1-c1ccc(C(=O)O)cc1. The summed E-state index contributed by atoms with van der Waals surface area (Å²) in [4.78, 5) is 21.2. The van der Waals surface area contributed by atoms with Crippen LogP contribution in [0.15, 0.2) is 30.3 Å². The van der Waals surface area contributed by atoms with Crippen molar-refractivity contribution in [3.05, 3.63) is 57.4 Å². The van der Waals surface area contributed by atoms with Crippen LogP contribution < -0.4 is 0 Å². The third kappa shape index (κ3) is 2.20. The Morgan fingerprint density at radius 2 is 1.84 bits per heavy atom. The molecule has 0 unspecified atom stereocenters. The van der Waals surface area contributed by atoms with E-state index in [1.165, 1.54) is 18.2 Å². The topological polar surface area (TPSA) is 85.4 Å². The average Bonchev–Trinajstić information content (AvgIpc) is 2.65. The molecule has 0 fully saturated rings. The molecule has 0 aliphatic carbocycles. The van der Waals surface area contributed by atoms with Crippen LogP contribution in [0.2, 0.25) is 0 Å². The van der Waals surface area contributed by atoms with Crippen molar-refractivity contribution in [3.63, 3.8) is 0 Å². The van der Waals surface area contributed by atoms with E-state index in [0.29, 0.717) is 11.4 Å².